The smallest absolute Gasteiger partial charge is 0.253 e. The lowest BCUT2D eigenvalue weighted by atomic mass is 9.87. The Balaban J connectivity index is 1.58. The average Bonchev–Trinajstić information content (AvgIpc) is 3.24. The molecule has 7 heteroatoms. The molecule has 1 aliphatic rings. The molecule has 3 rings (SSSR count). The van der Waals surface area contributed by atoms with Gasteiger partial charge in [0.2, 0.25) is 11.8 Å². The highest BCUT2D eigenvalue weighted by Gasteiger charge is 2.41. The minimum atomic E-state index is -0.884. The van der Waals surface area contributed by atoms with Crippen molar-refractivity contribution < 1.29 is 13.9 Å². The predicted molar refractivity (Wildman–Crippen MR) is 85.0 cm³/mol. The summed E-state index contributed by atoms with van der Waals surface area (Å²) < 4.78 is 10.8. The van der Waals surface area contributed by atoms with Crippen LogP contribution in [-0.2, 0) is 11.4 Å². The van der Waals surface area contributed by atoms with Crippen LogP contribution >= 0.6 is 0 Å². The van der Waals surface area contributed by atoms with Crippen LogP contribution < -0.4 is 10.1 Å². The fourth-order valence-corrected chi connectivity index (χ4v) is 2.79. The summed E-state index contributed by atoms with van der Waals surface area (Å²) in [6, 6.07) is 9.16. The first-order valence-electron chi connectivity index (χ1n) is 7.86. The second-order valence-electron chi connectivity index (χ2n) is 5.88. The van der Waals surface area contributed by atoms with E-state index in [1.54, 1.807) is 31.2 Å². The largest absolute Gasteiger partial charge is 0.484 e. The minimum Gasteiger partial charge on any atom is -0.484 e. The van der Waals surface area contributed by atoms with Crippen LogP contribution in [-0.4, -0.2) is 16.1 Å². The van der Waals surface area contributed by atoms with Gasteiger partial charge < -0.3 is 14.5 Å². The number of benzene rings is 1. The molecule has 1 saturated carbocycles. The van der Waals surface area contributed by atoms with E-state index in [0.29, 0.717) is 36.1 Å². The molecule has 0 aliphatic heterocycles. The summed E-state index contributed by atoms with van der Waals surface area (Å²) in [5, 5.41) is 19.7. The van der Waals surface area contributed by atoms with Crippen molar-refractivity contribution in [3.05, 3.63) is 36.0 Å². The molecular formula is C17H18N4O3. The number of amides is 1. The molecule has 1 heterocycles. The van der Waals surface area contributed by atoms with Crippen molar-refractivity contribution in [1.82, 2.24) is 10.2 Å². The lowest BCUT2D eigenvalue weighted by molar-refractivity contribution is -0.122. The molecule has 24 heavy (non-hydrogen) atoms. The standard InChI is InChI=1S/C17H18N4O3/c1-12-20-21-15(24-12)10-23-14-6-4-13(5-7-14)19-16(22)17(11-18)8-2-3-9-17/h4-7H,2-3,8-10H2,1H3,(H,19,22). The third-order valence-corrected chi connectivity index (χ3v) is 4.15. The Labute approximate surface area is 139 Å². The van der Waals surface area contributed by atoms with E-state index in [1.807, 2.05) is 0 Å². The SMILES string of the molecule is Cc1nnc(COc2ccc(NC(=O)C3(C#N)CCCC3)cc2)o1. The predicted octanol–water partition coefficient (Wildman–Crippen LogP) is 2.98. The van der Waals surface area contributed by atoms with E-state index < -0.39 is 5.41 Å². The summed E-state index contributed by atoms with van der Waals surface area (Å²) in [6.07, 6.45) is 3.09. The van der Waals surface area contributed by atoms with Crippen molar-refractivity contribution in [2.75, 3.05) is 5.32 Å². The quantitative estimate of drug-likeness (QED) is 0.906. The zero-order chi connectivity index (χ0) is 17.0. The molecule has 7 nitrogen and oxygen atoms in total. The van der Waals surface area contributed by atoms with Crippen molar-refractivity contribution in [3.8, 4) is 11.8 Å². The number of nitrogens with zero attached hydrogens (tertiary/aromatic N) is 3. The second-order valence-corrected chi connectivity index (χ2v) is 5.88. The number of ether oxygens (including phenoxy) is 1. The second kappa shape index (κ2) is 6.71. The van der Waals surface area contributed by atoms with Gasteiger partial charge in [0.05, 0.1) is 6.07 Å². The topological polar surface area (TPSA) is 101 Å². The van der Waals surface area contributed by atoms with E-state index in [-0.39, 0.29) is 12.5 Å². The van der Waals surface area contributed by atoms with Gasteiger partial charge in [-0.2, -0.15) is 5.26 Å². The summed E-state index contributed by atoms with van der Waals surface area (Å²) in [7, 11) is 0. The molecule has 0 atom stereocenters. The normalized spacial score (nSPS) is 15.7. The van der Waals surface area contributed by atoms with Gasteiger partial charge in [0.15, 0.2) is 6.61 Å². The van der Waals surface area contributed by atoms with E-state index in [2.05, 4.69) is 21.6 Å². The van der Waals surface area contributed by atoms with Gasteiger partial charge in [0, 0.05) is 12.6 Å². The van der Waals surface area contributed by atoms with E-state index >= 15 is 0 Å². The summed E-state index contributed by atoms with van der Waals surface area (Å²) in [6.45, 7) is 1.90. The third-order valence-electron chi connectivity index (χ3n) is 4.15. The fraction of sp³-hybridized carbons (Fsp3) is 0.412. The molecule has 1 aromatic heterocycles. The lowest BCUT2D eigenvalue weighted by Crippen LogP contribution is -2.32. The van der Waals surface area contributed by atoms with Crippen LogP contribution in [0.5, 0.6) is 5.75 Å². The maximum atomic E-state index is 12.4. The number of aryl methyl sites for hydroxylation is 1. The van der Waals surface area contributed by atoms with Gasteiger partial charge >= 0.3 is 0 Å². The molecule has 2 aromatic rings. The van der Waals surface area contributed by atoms with Crippen LogP contribution in [0.1, 0.15) is 37.5 Å². The monoisotopic (exact) mass is 326 g/mol. The average molecular weight is 326 g/mol. The van der Waals surface area contributed by atoms with Gasteiger partial charge in [-0.1, -0.05) is 12.8 Å². The summed E-state index contributed by atoms with van der Waals surface area (Å²) in [5.41, 5.74) is -0.243. The van der Waals surface area contributed by atoms with E-state index in [4.69, 9.17) is 9.15 Å². The maximum absolute atomic E-state index is 12.4. The lowest BCUT2D eigenvalue weighted by Gasteiger charge is -2.19. The Kier molecular flexibility index (Phi) is 4.47. The summed E-state index contributed by atoms with van der Waals surface area (Å²) in [5.74, 6) is 1.30. The Morgan fingerprint density at radius 1 is 1.33 bits per heavy atom. The highest BCUT2D eigenvalue weighted by Crippen LogP contribution is 2.38. The van der Waals surface area contributed by atoms with Gasteiger partial charge in [-0.05, 0) is 37.1 Å². The van der Waals surface area contributed by atoms with Crippen LogP contribution in [0.2, 0.25) is 0 Å². The number of carbonyl (C=O) groups excluding carboxylic acids is 1. The molecule has 0 unspecified atom stereocenters. The van der Waals surface area contributed by atoms with Gasteiger partial charge in [0.25, 0.3) is 5.89 Å². The number of anilines is 1. The Bertz CT molecular complexity index is 755. The zero-order valence-electron chi connectivity index (χ0n) is 13.4. The van der Waals surface area contributed by atoms with Crippen molar-refractivity contribution in [1.29, 1.82) is 5.26 Å². The van der Waals surface area contributed by atoms with E-state index in [9.17, 15) is 10.1 Å². The number of rotatable bonds is 5. The third kappa shape index (κ3) is 3.38. The Hall–Kier alpha value is -2.88. The number of carbonyl (C=O) groups is 1. The van der Waals surface area contributed by atoms with Gasteiger partial charge in [0.1, 0.15) is 11.2 Å². The molecule has 0 saturated heterocycles. The molecule has 124 valence electrons. The van der Waals surface area contributed by atoms with Crippen LogP contribution in [0.3, 0.4) is 0 Å². The van der Waals surface area contributed by atoms with E-state index in [0.717, 1.165) is 12.8 Å². The van der Waals surface area contributed by atoms with Crippen molar-refractivity contribution >= 4 is 11.6 Å². The zero-order valence-corrected chi connectivity index (χ0v) is 13.4. The van der Waals surface area contributed by atoms with Crippen LogP contribution in [0, 0.1) is 23.7 Å². The van der Waals surface area contributed by atoms with Gasteiger partial charge in [-0.25, -0.2) is 0 Å². The molecule has 1 N–H and O–H groups in total. The van der Waals surface area contributed by atoms with Crippen molar-refractivity contribution in [3.63, 3.8) is 0 Å². The first-order valence-corrected chi connectivity index (χ1v) is 7.86. The Morgan fingerprint density at radius 3 is 2.62 bits per heavy atom. The first kappa shape index (κ1) is 16.0. The summed E-state index contributed by atoms with van der Waals surface area (Å²) >= 11 is 0. The number of aromatic nitrogens is 2. The Morgan fingerprint density at radius 2 is 2.04 bits per heavy atom. The first-order chi connectivity index (χ1) is 11.6. The van der Waals surface area contributed by atoms with Crippen molar-refractivity contribution in [2.24, 2.45) is 5.41 Å². The molecule has 1 aromatic carbocycles. The molecule has 0 spiro atoms. The molecule has 0 bridgehead atoms. The van der Waals surface area contributed by atoms with Gasteiger partial charge in [-0.15, -0.1) is 10.2 Å². The highest BCUT2D eigenvalue weighted by atomic mass is 16.5. The van der Waals surface area contributed by atoms with Crippen LogP contribution in [0.25, 0.3) is 0 Å². The van der Waals surface area contributed by atoms with Crippen molar-refractivity contribution in [2.45, 2.75) is 39.2 Å². The minimum absolute atomic E-state index is 0.185. The van der Waals surface area contributed by atoms with Gasteiger partial charge in [-0.3, -0.25) is 4.79 Å². The number of nitrogens with one attached hydrogen (secondary N) is 1. The number of nitriles is 1. The van der Waals surface area contributed by atoms with E-state index in [1.165, 1.54) is 0 Å². The molecule has 1 amide bonds. The molecular weight excluding hydrogens is 308 g/mol. The van der Waals surface area contributed by atoms with Crippen LogP contribution in [0.4, 0.5) is 5.69 Å². The highest BCUT2D eigenvalue weighted by molar-refractivity contribution is 5.97. The molecule has 1 aliphatic carbocycles. The number of hydrogen-bond donors (Lipinski definition) is 1. The maximum Gasteiger partial charge on any atom is 0.253 e. The fourth-order valence-electron chi connectivity index (χ4n) is 2.79. The summed E-state index contributed by atoms with van der Waals surface area (Å²) in [4.78, 5) is 12.4. The number of hydrogen-bond acceptors (Lipinski definition) is 6. The molecule has 0 radical (unpaired) electrons. The molecule has 1 fully saturated rings. The van der Waals surface area contributed by atoms with Crippen LogP contribution in [0.15, 0.2) is 28.7 Å².